The number of hydrogen-bond donors (Lipinski definition) is 1. The summed E-state index contributed by atoms with van der Waals surface area (Å²) >= 11 is 0. The molecule has 0 spiro atoms. The topological polar surface area (TPSA) is 29.1 Å². The minimum absolute atomic E-state index is 0.196. The van der Waals surface area contributed by atoms with Gasteiger partial charge in [-0.25, -0.2) is 0 Å². The zero-order valence-electron chi connectivity index (χ0n) is 8.34. The van der Waals surface area contributed by atoms with Crippen LogP contribution >= 0.6 is 0 Å². The molecular weight excluding hydrogens is 162 g/mol. The Morgan fingerprint density at radius 1 is 1.69 bits per heavy atom. The molecule has 1 N–H and O–H groups in total. The van der Waals surface area contributed by atoms with Crippen LogP contribution < -0.4 is 5.32 Å². The van der Waals surface area contributed by atoms with E-state index in [1.165, 1.54) is 5.57 Å². The van der Waals surface area contributed by atoms with Crippen LogP contribution in [0.15, 0.2) is 11.6 Å². The van der Waals surface area contributed by atoms with E-state index in [2.05, 4.69) is 17.3 Å². The van der Waals surface area contributed by atoms with Crippen molar-refractivity contribution in [3.8, 4) is 12.3 Å². The molecule has 72 valence electrons. The van der Waals surface area contributed by atoms with E-state index in [9.17, 15) is 4.79 Å². The van der Waals surface area contributed by atoms with Gasteiger partial charge in [0.1, 0.15) is 0 Å². The molecule has 0 aliphatic heterocycles. The van der Waals surface area contributed by atoms with Gasteiger partial charge in [0, 0.05) is 12.5 Å². The van der Waals surface area contributed by atoms with Gasteiger partial charge in [0.25, 0.3) is 0 Å². The molecule has 0 aliphatic rings. The van der Waals surface area contributed by atoms with Crippen LogP contribution in [-0.2, 0) is 4.79 Å². The number of terminal acetylenes is 1. The minimum atomic E-state index is 0.196. The van der Waals surface area contributed by atoms with E-state index >= 15 is 0 Å². The van der Waals surface area contributed by atoms with Gasteiger partial charge in [-0.3, -0.25) is 4.79 Å². The first-order valence-corrected chi connectivity index (χ1v) is 4.51. The van der Waals surface area contributed by atoms with Crippen LogP contribution in [0.5, 0.6) is 0 Å². The lowest BCUT2D eigenvalue weighted by molar-refractivity contribution is -0.110. The summed E-state index contributed by atoms with van der Waals surface area (Å²) in [6.07, 6.45) is 10.6. The Bertz CT molecular complexity index is 213. The highest BCUT2D eigenvalue weighted by Gasteiger charge is 2.02. The molecule has 1 amide bonds. The third-order valence-electron chi connectivity index (χ3n) is 1.92. The van der Waals surface area contributed by atoms with E-state index in [0.29, 0.717) is 0 Å². The third kappa shape index (κ3) is 5.98. The summed E-state index contributed by atoms with van der Waals surface area (Å²) in [6, 6.07) is 0.196. The Kier molecular flexibility index (Phi) is 6.72. The molecule has 2 heteroatoms. The van der Waals surface area contributed by atoms with E-state index in [1.54, 1.807) is 0 Å². The first-order chi connectivity index (χ1) is 6.24. The first-order valence-electron chi connectivity index (χ1n) is 4.51. The lowest BCUT2D eigenvalue weighted by Gasteiger charge is -2.11. The zero-order valence-corrected chi connectivity index (χ0v) is 8.34. The van der Waals surface area contributed by atoms with Crippen LogP contribution in [0.3, 0.4) is 0 Å². The van der Waals surface area contributed by atoms with Gasteiger partial charge in [0.05, 0.1) is 0 Å². The van der Waals surface area contributed by atoms with E-state index in [-0.39, 0.29) is 6.04 Å². The second-order valence-electron chi connectivity index (χ2n) is 3.04. The molecule has 0 saturated carbocycles. The van der Waals surface area contributed by atoms with Crippen LogP contribution in [0.1, 0.15) is 33.1 Å². The summed E-state index contributed by atoms with van der Waals surface area (Å²) < 4.78 is 0. The Hall–Kier alpha value is -1.23. The summed E-state index contributed by atoms with van der Waals surface area (Å²) in [4.78, 5) is 10.1. The molecule has 0 aromatic carbocycles. The van der Waals surface area contributed by atoms with Crippen molar-refractivity contribution >= 4 is 6.41 Å². The lowest BCUT2D eigenvalue weighted by Crippen LogP contribution is -2.24. The molecule has 0 aliphatic carbocycles. The second kappa shape index (κ2) is 7.42. The second-order valence-corrected chi connectivity index (χ2v) is 3.04. The molecule has 1 unspecified atom stereocenters. The molecule has 0 saturated heterocycles. The number of carbonyl (C=O) groups is 1. The van der Waals surface area contributed by atoms with E-state index in [0.717, 1.165) is 25.7 Å². The van der Waals surface area contributed by atoms with Crippen molar-refractivity contribution < 1.29 is 4.79 Å². The van der Waals surface area contributed by atoms with Gasteiger partial charge in [-0.15, -0.1) is 12.3 Å². The predicted octanol–water partition coefficient (Wildman–Crippen LogP) is 1.87. The summed E-state index contributed by atoms with van der Waals surface area (Å²) in [5.74, 6) is 2.61. The summed E-state index contributed by atoms with van der Waals surface area (Å²) in [5, 5.41) is 2.71. The largest absolute Gasteiger partial charge is 0.356 e. The maximum absolute atomic E-state index is 10.1. The molecule has 0 bridgehead atoms. The average molecular weight is 179 g/mol. The normalized spacial score (nSPS) is 13.2. The highest BCUT2D eigenvalue weighted by molar-refractivity contribution is 5.46. The number of amides is 1. The fraction of sp³-hybridized carbons (Fsp3) is 0.545. The fourth-order valence-corrected chi connectivity index (χ4v) is 1.17. The smallest absolute Gasteiger partial charge is 0.207 e. The van der Waals surface area contributed by atoms with Crippen LogP contribution in [0.4, 0.5) is 0 Å². The van der Waals surface area contributed by atoms with Crippen LogP contribution in [0.2, 0.25) is 0 Å². The molecule has 1 atom stereocenters. The predicted molar refractivity (Wildman–Crippen MR) is 55.1 cm³/mol. The van der Waals surface area contributed by atoms with Gasteiger partial charge >= 0.3 is 0 Å². The summed E-state index contributed by atoms with van der Waals surface area (Å²) in [7, 11) is 0. The molecule has 13 heavy (non-hydrogen) atoms. The van der Waals surface area contributed by atoms with Gasteiger partial charge in [0.15, 0.2) is 0 Å². The molecule has 0 radical (unpaired) electrons. The Balaban J connectivity index is 3.85. The Labute approximate surface area is 80.4 Å². The third-order valence-corrected chi connectivity index (χ3v) is 1.92. The highest BCUT2D eigenvalue weighted by Crippen LogP contribution is 2.11. The van der Waals surface area contributed by atoms with Crippen molar-refractivity contribution in [2.75, 3.05) is 0 Å². The average Bonchev–Trinajstić information content (AvgIpc) is 2.12. The highest BCUT2D eigenvalue weighted by atomic mass is 16.1. The monoisotopic (exact) mass is 179 g/mol. The van der Waals surface area contributed by atoms with Crippen molar-refractivity contribution in [3.63, 3.8) is 0 Å². The molecule has 0 rings (SSSR count). The quantitative estimate of drug-likeness (QED) is 0.376. The van der Waals surface area contributed by atoms with Crippen LogP contribution in [0, 0.1) is 12.3 Å². The van der Waals surface area contributed by atoms with Crippen molar-refractivity contribution in [2.24, 2.45) is 0 Å². The summed E-state index contributed by atoms with van der Waals surface area (Å²) in [5.41, 5.74) is 1.31. The van der Waals surface area contributed by atoms with Crippen molar-refractivity contribution in [1.82, 2.24) is 5.32 Å². The van der Waals surface area contributed by atoms with Gasteiger partial charge in [-0.2, -0.15) is 0 Å². The zero-order chi connectivity index (χ0) is 10.1. The van der Waals surface area contributed by atoms with Crippen molar-refractivity contribution in [2.45, 2.75) is 39.2 Å². The number of carbonyl (C=O) groups excluding carboxylic acids is 1. The number of allylic oxidation sites excluding steroid dienone is 1. The van der Waals surface area contributed by atoms with E-state index in [1.807, 2.05) is 13.8 Å². The number of nitrogens with one attached hydrogen (secondary N) is 1. The number of hydrogen-bond acceptors (Lipinski definition) is 1. The molecule has 0 fully saturated rings. The van der Waals surface area contributed by atoms with Crippen LogP contribution in [0.25, 0.3) is 0 Å². The molecule has 0 aromatic heterocycles. The van der Waals surface area contributed by atoms with Crippen molar-refractivity contribution in [3.05, 3.63) is 11.6 Å². The minimum Gasteiger partial charge on any atom is -0.356 e. The molecule has 2 nitrogen and oxygen atoms in total. The molecule has 0 heterocycles. The van der Waals surface area contributed by atoms with Crippen molar-refractivity contribution in [1.29, 1.82) is 0 Å². The Morgan fingerprint density at radius 2 is 2.38 bits per heavy atom. The fourth-order valence-electron chi connectivity index (χ4n) is 1.17. The standard InChI is InChI=1S/C11H17NO/c1-4-6-7-11(5-2)8-10(3)12-9-13/h1,5,9-10H,6-8H2,2-3H3,(H,12,13)/b11-5+. The van der Waals surface area contributed by atoms with E-state index < -0.39 is 0 Å². The number of rotatable bonds is 6. The van der Waals surface area contributed by atoms with Crippen LogP contribution in [-0.4, -0.2) is 12.5 Å². The maximum atomic E-state index is 10.1. The van der Waals surface area contributed by atoms with E-state index in [4.69, 9.17) is 6.42 Å². The van der Waals surface area contributed by atoms with Gasteiger partial charge < -0.3 is 5.32 Å². The SMILES string of the molecule is C#CCC/C(=C\C)CC(C)NC=O. The summed E-state index contributed by atoms with van der Waals surface area (Å²) in [6.45, 7) is 3.98. The molecular formula is C11H17NO. The maximum Gasteiger partial charge on any atom is 0.207 e. The van der Waals surface area contributed by atoms with Gasteiger partial charge in [-0.05, 0) is 26.7 Å². The molecule has 0 aromatic rings. The van der Waals surface area contributed by atoms with Gasteiger partial charge in [0.2, 0.25) is 6.41 Å². The first kappa shape index (κ1) is 11.8. The lowest BCUT2D eigenvalue weighted by atomic mass is 10.0. The van der Waals surface area contributed by atoms with Gasteiger partial charge in [-0.1, -0.05) is 11.6 Å². The Morgan fingerprint density at radius 3 is 2.85 bits per heavy atom.